The van der Waals surface area contributed by atoms with Crippen molar-refractivity contribution in [3.8, 4) is 0 Å². The van der Waals surface area contributed by atoms with Crippen LogP contribution in [0.15, 0.2) is 0 Å². The van der Waals surface area contributed by atoms with Crippen molar-refractivity contribution in [2.75, 3.05) is 0 Å². The van der Waals surface area contributed by atoms with Gasteiger partial charge in [0.25, 0.3) is 0 Å². The van der Waals surface area contributed by atoms with Gasteiger partial charge in [0.1, 0.15) is 0 Å². The van der Waals surface area contributed by atoms with Crippen molar-refractivity contribution in [3.63, 3.8) is 0 Å². The standard InChI is InChI=1S/C8H11ClO/c9-7(5-1-2-5)8(10)6-3-4-6/h5-7H,1-4H2/t7-/m1/s1. The van der Waals surface area contributed by atoms with E-state index in [1.54, 1.807) is 0 Å². The second kappa shape index (κ2) is 2.23. The summed E-state index contributed by atoms with van der Waals surface area (Å²) < 4.78 is 0. The third kappa shape index (κ3) is 1.20. The molecule has 0 unspecified atom stereocenters. The zero-order chi connectivity index (χ0) is 7.14. The van der Waals surface area contributed by atoms with E-state index in [9.17, 15) is 4.79 Å². The van der Waals surface area contributed by atoms with E-state index in [0.29, 0.717) is 17.6 Å². The van der Waals surface area contributed by atoms with Gasteiger partial charge in [-0.05, 0) is 31.6 Å². The quantitative estimate of drug-likeness (QED) is 0.574. The molecule has 2 heteroatoms. The fourth-order valence-electron chi connectivity index (χ4n) is 1.21. The molecule has 2 aliphatic rings. The first-order valence-corrected chi connectivity index (χ1v) is 4.40. The first-order valence-electron chi connectivity index (χ1n) is 3.97. The summed E-state index contributed by atoms with van der Waals surface area (Å²) in [6, 6.07) is 0. The first-order chi connectivity index (χ1) is 4.79. The van der Waals surface area contributed by atoms with Crippen molar-refractivity contribution in [3.05, 3.63) is 0 Å². The minimum Gasteiger partial charge on any atom is -0.298 e. The van der Waals surface area contributed by atoms with Gasteiger partial charge in [-0.1, -0.05) is 0 Å². The molecule has 0 aromatic carbocycles. The van der Waals surface area contributed by atoms with Crippen LogP contribution in [0.2, 0.25) is 0 Å². The van der Waals surface area contributed by atoms with Crippen LogP contribution in [0.4, 0.5) is 0 Å². The number of carbonyl (C=O) groups is 1. The highest BCUT2D eigenvalue weighted by atomic mass is 35.5. The predicted octanol–water partition coefficient (Wildman–Crippen LogP) is 1.98. The summed E-state index contributed by atoms with van der Waals surface area (Å²) in [6.07, 6.45) is 4.53. The van der Waals surface area contributed by atoms with E-state index in [4.69, 9.17) is 11.6 Å². The number of Topliss-reactive ketones (excluding diaryl/α,β-unsaturated/α-hetero) is 1. The molecule has 0 aromatic heterocycles. The van der Waals surface area contributed by atoms with E-state index in [2.05, 4.69) is 0 Å². The summed E-state index contributed by atoms with van der Waals surface area (Å²) >= 11 is 5.91. The molecule has 0 aliphatic heterocycles. The molecule has 2 saturated carbocycles. The number of hydrogen-bond acceptors (Lipinski definition) is 1. The number of rotatable bonds is 3. The molecular weight excluding hydrogens is 148 g/mol. The summed E-state index contributed by atoms with van der Waals surface area (Å²) in [5, 5.41) is -0.132. The summed E-state index contributed by atoms with van der Waals surface area (Å²) in [7, 11) is 0. The third-order valence-corrected chi connectivity index (χ3v) is 2.86. The maximum absolute atomic E-state index is 11.3. The van der Waals surface area contributed by atoms with Crippen molar-refractivity contribution >= 4 is 17.4 Å². The average molecular weight is 159 g/mol. The molecule has 0 spiro atoms. The van der Waals surface area contributed by atoms with Crippen molar-refractivity contribution in [1.82, 2.24) is 0 Å². The molecule has 0 aromatic rings. The van der Waals surface area contributed by atoms with Crippen molar-refractivity contribution < 1.29 is 4.79 Å². The van der Waals surface area contributed by atoms with Crippen LogP contribution in [-0.4, -0.2) is 11.2 Å². The third-order valence-electron chi connectivity index (χ3n) is 2.29. The topological polar surface area (TPSA) is 17.1 Å². The molecule has 2 aliphatic carbocycles. The minimum absolute atomic E-state index is 0.132. The predicted molar refractivity (Wildman–Crippen MR) is 40.1 cm³/mol. The molecule has 56 valence electrons. The summed E-state index contributed by atoms with van der Waals surface area (Å²) in [4.78, 5) is 11.3. The van der Waals surface area contributed by atoms with Gasteiger partial charge in [0.15, 0.2) is 5.78 Å². The SMILES string of the molecule is O=C(C1CC1)[C@H](Cl)C1CC1. The van der Waals surface area contributed by atoms with E-state index in [1.807, 2.05) is 0 Å². The Bertz CT molecular complexity index is 159. The number of ketones is 1. The van der Waals surface area contributed by atoms with Crippen LogP contribution < -0.4 is 0 Å². The van der Waals surface area contributed by atoms with Crippen LogP contribution in [0, 0.1) is 11.8 Å². The molecule has 0 heterocycles. The first kappa shape index (κ1) is 6.66. The van der Waals surface area contributed by atoms with Crippen LogP contribution in [0.1, 0.15) is 25.7 Å². The molecule has 0 bridgehead atoms. The van der Waals surface area contributed by atoms with E-state index in [0.717, 1.165) is 12.8 Å². The Morgan fingerprint density at radius 3 is 2.30 bits per heavy atom. The maximum Gasteiger partial charge on any atom is 0.154 e. The van der Waals surface area contributed by atoms with Gasteiger partial charge in [0, 0.05) is 5.92 Å². The summed E-state index contributed by atoms with van der Waals surface area (Å²) in [6.45, 7) is 0. The van der Waals surface area contributed by atoms with E-state index < -0.39 is 0 Å². The fourth-order valence-corrected chi connectivity index (χ4v) is 1.64. The lowest BCUT2D eigenvalue weighted by atomic mass is 10.1. The fraction of sp³-hybridized carbons (Fsp3) is 0.875. The van der Waals surface area contributed by atoms with Crippen LogP contribution in [0.25, 0.3) is 0 Å². The normalized spacial score (nSPS) is 28.1. The second-order valence-electron chi connectivity index (χ2n) is 3.42. The minimum atomic E-state index is -0.132. The van der Waals surface area contributed by atoms with E-state index in [-0.39, 0.29) is 5.38 Å². The summed E-state index contributed by atoms with van der Waals surface area (Å²) in [5.41, 5.74) is 0. The molecule has 1 nitrogen and oxygen atoms in total. The number of halogens is 1. The molecule has 2 rings (SSSR count). The van der Waals surface area contributed by atoms with Crippen LogP contribution in [0.5, 0.6) is 0 Å². The number of carbonyl (C=O) groups excluding carboxylic acids is 1. The lowest BCUT2D eigenvalue weighted by Gasteiger charge is -2.03. The largest absolute Gasteiger partial charge is 0.298 e. The van der Waals surface area contributed by atoms with Crippen molar-refractivity contribution in [1.29, 1.82) is 0 Å². The zero-order valence-corrected chi connectivity index (χ0v) is 6.60. The van der Waals surface area contributed by atoms with E-state index >= 15 is 0 Å². The Labute approximate surface area is 65.7 Å². The maximum atomic E-state index is 11.3. The van der Waals surface area contributed by atoms with Crippen LogP contribution in [0.3, 0.4) is 0 Å². The van der Waals surface area contributed by atoms with Crippen LogP contribution >= 0.6 is 11.6 Å². The van der Waals surface area contributed by atoms with Gasteiger partial charge < -0.3 is 0 Å². The smallest absolute Gasteiger partial charge is 0.154 e. The Hall–Kier alpha value is -0.0400. The van der Waals surface area contributed by atoms with Gasteiger partial charge in [-0.3, -0.25) is 4.79 Å². The van der Waals surface area contributed by atoms with Gasteiger partial charge in [-0.2, -0.15) is 0 Å². The molecule has 0 N–H and O–H groups in total. The molecule has 0 saturated heterocycles. The zero-order valence-electron chi connectivity index (χ0n) is 5.85. The lowest BCUT2D eigenvalue weighted by Crippen LogP contribution is -2.17. The monoisotopic (exact) mass is 158 g/mol. The highest BCUT2D eigenvalue weighted by Gasteiger charge is 2.41. The van der Waals surface area contributed by atoms with Crippen molar-refractivity contribution in [2.24, 2.45) is 11.8 Å². The van der Waals surface area contributed by atoms with Gasteiger partial charge in [-0.25, -0.2) is 0 Å². The average Bonchev–Trinajstić information content (AvgIpc) is 2.73. The highest BCUT2D eigenvalue weighted by Crippen LogP contribution is 2.41. The Morgan fingerprint density at radius 2 is 1.90 bits per heavy atom. The number of alkyl halides is 1. The second-order valence-corrected chi connectivity index (χ2v) is 3.89. The Balaban J connectivity index is 1.89. The Morgan fingerprint density at radius 1 is 1.30 bits per heavy atom. The van der Waals surface area contributed by atoms with Gasteiger partial charge >= 0.3 is 0 Å². The highest BCUT2D eigenvalue weighted by molar-refractivity contribution is 6.32. The van der Waals surface area contributed by atoms with Gasteiger partial charge in [0.2, 0.25) is 0 Å². The number of hydrogen-bond donors (Lipinski definition) is 0. The summed E-state index contributed by atoms with van der Waals surface area (Å²) in [5.74, 6) is 1.21. The molecular formula is C8H11ClO. The molecule has 10 heavy (non-hydrogen) atoms. The molecule has 0 amide bonds. The Kier molecular flexibility index (Phi) is 1.48. The van der Waals surface area contributed by atoms with Gasteiger partial charge in [-0.15, -0.1) is 11.6 Å². The van der Waals surface area contributed by atoms with E-state index in [1.165, 1.54) is 12.8 Å². The van der Waals surface area contributed by atoms with Crippen LogP contribution in [-0.2, 0) is 4.79 Å². The van der Waals surface area contributed by atoms with Gasteiger partial charge in [0.05, 0.1) is 5.38 Å². The molecule has 1 atom stereocenters. The molecule has 2 fully saturated rings. The lowest BCUT2D eigenvalue weighted by molar-refractivity contribution is -0.120. The van der Waals surface area contributed by atoms with Crippen molar-refractivity contribution in [2.45, 2.75) is 31.1 Å². The molecule has 0 radical (unpaired) electrons.